The van der Waals surface area contributed by atoms with E-state index >= 15 is 0 Å². The zero-order chi connectivity index (χ0) is 23.7. The zero-order valence-corrected chi connectivity index (χ0v) is 23.3. The SMILES string of the molecule is CC(C)(C)c1ccc(CP(C(C)(C)C)C(C)(C)C)c(CP(c2ccc[nH]2)c2ccc[nH]2)c1. The van der Waals surface area contributed by atoms with Gasteiger partial charge in [0.05, 0.1) is 0 Å². The van der Waals surface area contributed by atoms with Gasteiger partial charge in [0.15, 0.2) is 0 Å². The molecule has 0 aliphatic carbocycles. The Morgan fingerprint density at radius 1 is 0.656 bits per heavy atom. The normalized spacial score (nSPS) is 13.3. The molecule has 174 valence electrons. The number of nitrogens with one attached hydrogen (secondary N) is 2. The molecular weight excluding hydrogens is 426 g/mol. The van der Waals surface area contributed by atoms with E-state index < -0.39 is 7.92 Å². The highest BCUT2D eigenvalue weighted by Crippen LogP contribution is 2.61. The van der Waals surface area contributed by atoms with Crippen molar-refractivity contribution in [2.24, 2.45) is 0 Å². The summed E-state index contributed by atoms with van der Waals surface area (Å²) in [4.78, 5) is 7.02. The number of aromatic amines is 2. The van der Waals surface area contributed by atoms with E-state index in [0.717, 1.165) is 6.16 Å². The fraction of sp³-hybridized carbons (Fsp3) is 0.500. The Balaban J connectivity index is 2.07. The smallest absolute Gasteiger partial charge is 0.0448 e. The molecule has 0 aliphatic heterocycles. The van der Waals surface area contributed by atoms with Gasteiger partial charge in [-0.3, -0.25) is 0 Å². The van der Waals surface area contributed by atoms with Gasteiger partial charge in [0.1, 0.15) is 0 Å². The van der Waals surface area contributed by atoms with Crippen LogP contribution in [0.25, 0.3) is 0 Å². The molecule has 0 saturated carbocycles. The first-order valence-electron chi connectivity index (χ1n) is 11.7. The Morgan fingerprint density at radius 2 is 1.19 bits per heavy atom. The molecule has 0 amide bonds. The van der Waals surface area contributed by atoms with Crippen LogP contribution in [-0.2, 0) is 17.7 Å². The minimum absolute atomic E-state index is 0.147. The van der Waals surface area contributed by atoms with Crippen molar-refractivity contribution in [1.29, 1.82) is 0 Å². The first-order valence-corrected chi connectivity index (χ1v) is 14.8. The second kappa shape index (κ2) is 9.48. The summed E-state index contributed by atoms with van der Waals surface area (Å²) in [6.07, 6.45) is 6.35. The highest BCUT2D eigenvalue weighted by molar-refractivity contribution is 7.71. The third kappa shape index (κ3) is 6.15. The molecule has 0 unspecified atom stereocenters. The van der Waals surface area contributed by atoms with Crippen molar-refractivity contribution >= 4 is 26.7 Å². The monoisotopic (exact) mass is 468 g/mol. The summed E-state index contributed by atoms with van der Waals surface area (Å²) >= 11 is 0. The van der Waals surface area contributed by atoms with Crippen LogP contribution in [0.4, 0.5) is 0 Å². The predicted molar refractivity (Wildman–Crippen MR) is 147 cm³/mol. The summed E-state index contributed by atoms with van der Waals surface area (Å²) in [7, 11) is -0.699. The molecule has 2 N–H and O–H groups in total. The van der Waals surface area contributed by atoms with Crippen molar-refractivity contribution in [3.63, 3.8) is 0 Å². The summed E-state index contributed by atoms with van der Waals surface area (Å²) in [6, 6.07) is 16.1. The zero-order valence-electron chi connectivity index (χ0n) is 21.5. The Kier molecular flexibility index (Phi) is 7.49. The van der Waals surface area contributed by atoms with E-state index in [4.69, 9.17) is 0 Å². The molecule has 4 heteroatoms. The van der Waals surface area contributed by atoms with Gasteiger partial charge >= 0.3 is 0 Å². The molecule has 2 heterocycles. The molecule has 0 saturated heterocycles. The highest BCUT2D eigenvalue weighted by atomic mass is 31.1. The van der Waals surface area contributed by atoms with Gasteiger partial charge < -0.3 is 9.97 Å². The van der Waals surface area contributed by atoms with Gasteiger partial charge in [-0.15, -0.1) is 0 Å². The van der Waals surface area contributed by atoms with Crippen LogP contribution in [0.3, 0.4) is 0 Å². The van der Waals surface area contributed by atoms with Gasteiger partial charge in [0.25, 0.3) is 0 Å². The van der Waals surface area contributed by atoms with Crippen molar-refractivity contribution in [1.82, 2.24) is 9.97 Å². The first kappa shape index (κ1) is 25.3. The molecule has 0 fully saturated rings. The molecule has 3 rings (SSSR count). The minimum Gasteiger partial charge on any atom is -0.361 e. The van der Waals surface area contributed by atoms with Crippen LogP contribution in [0.15, 0.2) is 54.9 Å². The van der Waals surface area contributed by atoms with E-state index in [1.807, 2.05) is 0 Å². The number of rotatable bonds is 6. The molecule has 0 atom stereocenters. The number of hydrogen-bond acceptors (Lipinski definition) is 0. The molecule has 0 spiro atoms. The molecule has 2 aromatic heterocycles. The van der Waals surface area contributed by atoms with Crippen molar-refractivity contribution < 1.29 is 0 Å². The molecular formula is C28H42N2P2. The molecule has 0 bridgehead atoms. The maximum Gasteiger partial charge on any atom is 0.0448 e. The lowest BCUT2D eigenvalue weighted by molar-refractivity contribution is 0.589. The predicted octanol–water partition coefficient (Wildman–Crippen LogP) is 7.85. The van der Waals surface area contributed by atoms with Crippen LogP contribution < -0.4 is 10.9 Å². The molecule has 1 aromatic carbocycles. The summed E-state index contributed by atoms with van der Waals surface area (Å²) in [5.74, 6) is 0. The largest absolute Gasteiger partial charge is 0.361 e. The van der Waals surface area contributed by atoms with Crippen LogP contribution in [-0.4, -0.2) is 20.3 Å². The molecule has 0 aliphatic rings. The standard InChI is InChI=1S/C28H42N2P2/c1-26(2,3)23-15-14-21(20-32(27(4,5)6)28(7,8)9)22(18-23)19-31(24-12-10-16-29-24)25-13-11-17-30-25/h10-18,29-30H,19-20H2,1-9H3. The quantitative estimate of drug-likeness (QED) is 0.345. The average molecular weight is 469 g/mol. The van der Waals surface area contributed by atoms with Crippen LogP contribution in [0.2, 0.25) is 0 Å². The topological polar surface area (TPSA) is 31.6 Å². The summed E-state index contributed by atoms with van der Waals surface area (Å²) in [5.41, 5.74) is 7.31. The second-order valence-corrected chi connectivity index (χ2v) is 17.8. The van der Waals surface area contributed by atoms with E-state index in [9.17, 15) is 0 Å². The van der Waals surface area contributed by atoms with Gasteiger partial charge in [-0.05, 0) is 70.8 Å². The van der Waals surface area contributed by atoms with Crippen LogP contribution in [0.5, 0.6) is 0 Å². The van der Waals surface area contributed by atoms with E-state index in [1.165, 1.54) is 28.2 Å². The van der Waals surface area contributed by atoms with Gasteiger partial charge in [0, 0.05) is 29.4 Å². The Morgan fingerprint density at radius 3 is 1.59 bits per heavy atom. The third-order valence-electron chi connectivity index (χ3n) is 6.09. The second-order valence-electron chi connectivity index (χ2n) is 11.9. The van der Waals surface area contributed by atoms with Gasteiger partial charge in [-0.25, -0.2) is 0 Å². The Hall–Kier alpha value is -1.36. The van der Waals surface area contributed by atoms with Crippen molar-refractivity contribution in [3.8, 4) is 0 Å². The lowest BCUT2D eigenvalue weighted by atomic mass is 9.85. The lowest BCUT2D eigenvalue weighted by Gasteiger charge is -2.42. The Labute approximate surface area is 198 Å². The maximum atomic E-state index is 3.51. The molecule has 2 nitrogen and oxygen atoms in total. The van der Waals surface area contributed by atoms with E-state index in [-0.39, 0.29) is 13.3 Å². The number of hydrogen-bond donors (Lipinski definition) is 2. The van der Waals surface area contributed by atoms with Crippen molar-refractivity contribution in [3.05, 3.63) is 71.5 Å². The fourth-order valence-corrected chi connectivity index (χ4v) is 10.3. The highest BCUT2D eigenvalue weighted by Gasteiger charge is 2.35. The van der Waals surface area contributed by atoms with Gasteiger partial charge in [-0.2, -0.15) is 0 Å². The minimum atomic E-state index is -0.503. The van der Waals surface area contributed by atoms with E-state index in [1.54, 1.807) is 5.56 Å². The summed E-state index contributed by atoms with van der Waals surface area (Å²) in [6.45, 7) is 21.5. The summed E-state index contributed by atoms with van der Waals surface area (Å²) in [5, 5.41) is 0.633. The first-order chi connectivity index (χ1) is 14.8. The maximum absolute atomic E-state index is 3.51. The van der Waals surface area contributed by atoms with Crippen LogP contribution >= 0.6 is 15.8 Å². The lowest BCUT2D eigenvalue weighted by Crippen LogP contribution is -2.26. The molecule has 32 heavy (non-hydrogen) atoms. The van der Waals surface area contributed by atoms with Crippen LogP contribution in [0.1, 0.15) is 79.0 Å². The average Bonchev–Trinajstić information content (AvgIpc) is 3.36. The number of aromatic nitrogens is 2. The third-order valence-corrected chi connectivity index (χ3v) is 12.4. The van der Waals surface area contributed by atoms with Gasteiger partial charge in [0.2, 0.25) is 0 Å². The van der Waals surface area contributed by atoms with E-state index in [2.05, 4.69) is 127 Å². The van der Waals surface area contributed by atoms with E-state index in [0.29, 0.717) is 10.3 Å². The van der Waals surface area contributed by atoms with Crippen molar-refractivity contribution in [2.45, 2.75) is 90.4 Å². The number of benzene rings is 1. The molecule has 3 aromatic rings. The van der Waals surface area contributed by atoms with Gasteiger partial charge in [-0.1, -0.05) is 88.4 Å². The fourth-order valence-electron chi connectivity index (χ4n) is 4.49. The Bertz CT molecular complexity index is 933. The van der Waals surface area contributed by atoms with Crippen LogP contribution in [0, 0.1) is 0 Å². The molecule has 0 radical (unpaired) electrons. The van der Waals surface area contributed by atoms with Crippen molar-refractivity contribution in [2.75, 3.05) is 0 Å². The number of H-pyrrole nitrogens is 2. The summed E-state index contributed by atoms with van der Waals surface area (Å²) < 4.78 is 0.